The second-order valence-corrected chi connectivity index (χ2v) is 5.70. The van der Waals surface area contributed by atoms with Gasteiger partial charge in [0.1, 0.15) is 0 Å². The van der Waals surface area contributed by atoms with Crippen LogP contribution in [0.15, 0.2) is 15.9 Å². The molecule has 0 bridgehead atoms. The van der Waals surface area contributed by atoms with Crippen LogP contribution in [0.3, 0.4) is 0 Å². The predicted molar refractivity (Wildman–Crippen MR) is 63.0 cm³/mol. The van der Waals surface area contributed by atoms with Crippen LogP contribution >= 0.6 is 27.3 Å². The molecule has 1 aliphatic rings. The number of thiophene rings is 1. The van der Waals surface area contributed by atoms with Crippen molar-refractivity contribution < 1.29 is 9.90 Å². The Kier molecular flexibility index (Phi) is 3.43. The van der Waals surface area contributed by atoms with Gasteiger partial charge in [0.15, 0.2) is 0 Å². The first-order valence-corrected chi connectivity index (χ1v) is 6.50. The van der Waals surface area contributed by atoms with Gasteiger partial charge in [0, 0.05) is 27.8 Å². The molecule has 5 heteroatoms. The number of carbonyl (C=O) groups is 1. The number of rotatable bonds is 3. The highest BCUT2D eigenvalue weighted by molar-refractivity contribution is 9.10. The number of aliphatic carboxylic acids is 1. The quantitative estimate of drug-likeness (QED) is 0.929. The first-order chi connectivity index (χ1) is 7.15. The van der Waals surface area contributed by atoms with Crippen molar-refractivity contribution in [3.8, 4) is 0 Å². The molecule has 1 aromatic rings. The average molecular weight is 290 g/mol. The zero-order valence-corrected chi connectivity index (χ0v) is 10.6. The molecule has 2 heterocycles. The van der Waals surface area contributed by atoms with Crippen LogP contribution in [-0.4, -0.2) is 29.1 Å². The maximum atomic E-state index is 10.8. The summed E-state index contributed by atoms with van der Waals surface area (Å²) in [5.74, 6) is -0.835. The zero-order chi connectivity index (χ0) is 10.8. The van der Waals surface area contributed by atoms with E-state index in [0.717, 1.165) is 24.0 Å². The fourth-order valence-corrected chi connectivity index (χ4v) is 3.33. The van der Waals surface area contributed by atoms with Crippen molar-refractivity contribution in [2.45, 2.75) is 13.0 Å². The van der Waals surface area contributed by atoms with Crippen molar-refractivity contribution in [2.24, 2.45) is 5.92 Å². The van der Waals surface area contributed by atoms with Gasteiger partial charge in [-0.25, -0.2) is 0 Å². The van der Waals surface area contributed by atoms with Crippen molar-refractivity contribution in [1.29, 1.82) is 0 Å². The summed E-state index contributed by atoms with van der Waals surface area (Å²) in [7, 11) is 0. The molecule has 3 nitrogen and oxygen atoms in total. The van der Waals surface area contributed by atoms with Crippen LogP contribution in [0.1, 0.15) is 11.3 Å². The second kappa shape index (κ2) is 4.63. The lowest BCUT2D eigenvalue weighted by molar-refractivity contribution is -0.141. The van der Waals surface area contributed by atoms with Crippen molar-refractivity contribution in [3.63, 3.8) is 0 Å². The van der Waals surface area contributed by atoms with E-state index in [9.17, 15) is 4.79 Å². The second-order valence-electron chi connectivity index (χ2n) is 3.79. The Morgan fingerprint density at radius 1 is 1.73 bits per heavy atom. The summed E-state index contributed by atoms with van der Waals surface area (Å²) in [5.41, 5.74) is 0. The standard InChI is InChI=1S/C10H12BrNO2S/c11-8-3-9(15-6-8)5-12-2-1-7(4-12)10(13)14/h3,6-7H,1-2,4-5H2,(H,13,14). The van der Waals surface area contributed by atoms with E-state index in [1.165, 1.54) is 4.88 Å². The van der Waals surface area contributed by atoms with Gasteiger partial charge in [0.2, 0.25) is 0 Å². The van der Waals surface area contributed by atoms with E-state index >= 15 is 0 Å². The summed E-state index contributed by atoms with van der Waals surface area (Å²) in [4.78, 5) is 14.3. The predicted octanol–water partition coefficient (Wildman–Crippen LogP) is 2.42. The Morgan fingerprint density at radius 2 is 2.53 bits per heavy atom. The Bertz CT molecular complexity index is 366. The minimum absolute atomic E-state index is 0.173. The molecule has 82 valence electrons. The Morgan fingerprint density at radius 3 is 3.07 bits per heavy atom. The summed E-state index contributed by atoms with van der Waals surface area (Å²) >= 11 is 5.12. The molecule has 15 heavy (non-hydrogen) atoms. The topological polar surface area (TPSA) is 40.5 Å². The van der Waals surface area contributed by atoms with Gasteiger partial charge >= 0.3 is 5.97 Å². The van der Waals surface area contributed by atoms with E-state index in [4.69, 9.17) is 5.11 Å². The summed E-state index contributed by atoms with van der Waals surface area (Å²) < 4.78 is 1.11. The Hall–Kier alpha value is -0.390. The van der Waals surface area contributed by atoms with E-state index in [1.54, 1.807) is 11.3 Å². The molecule has 1 unspecified atom stereocenters. The van der Waals surface area contributed by atoms with Gasteiger partial charge in [-0.2, -0.15) is 0 Å². The molecule has 0 spiro atoms. The number of nitrogens with zero attached hydrogens (tertiary/aromatic N) is 1. The molecule has 0 aliphatic carbocycles. The lowest BCUT2D eigenvalue weighted by atomic mass is 10.1. The number of hydrogen-bond acceptors (Lipinski definition) is 3. The molecule has 0 amide bonds. The van der Waals surface area contributed by atoms with Crippen LogP contribution in [-0.2, 0) is 11.3 Å². The van der Waals surface area contributed by atoms with Crippen molar-refractivity contribution in [1.82, 2.24) is 4.90 Å². The first-order valence-electron chi connectivity index (χ1n) is 4.83. The molecule has 1 aliphatic heterocycles. The van der Waals surface area contributed by atoms with E-state index in [1.807, 2.05) is 0 Å². The molecule has 1 saturated heterocycles. The van der Waals surface area contributed by atoms with Crippen LogP contribution in [0.5, 0.6) is 0 Å². The van der Waals surface area contributed by atoms with Gasteiger partial charge in [0.05, 0.1) is 5.92 Å². The largest absolute Gasteiger partial charge is 0.481 e. The number of hydrogen-bond donors (Lipinski definition) is 1. The number of carboxylic acid groups (broad SMARTS) is 1. The monoisotopic (exact) mass is 289 g/mol. The van der Waals surface area contributed by atoms with E-state index < -0.39 is 5.97 Å². The smallest absolute Gasteiger partial charge is 0.307 e. The summed E-state index contributed by atoms with van der Waals surface area (Å²) in [6.07, 6.45) is 0.780. The van der Waals surface area contributed by atoms with Crippen LogP contribution in [0.2, 0.25) is 0 Å². The number of carboxylic acids is 1. The fourth-order valence-electron chi connectivity index (χ4n) is 1.83. The highest BCUT2D eigenvalue weighted by Gasteiger charge is 2.27. The van der Waals surface area contributed by atoms with Crippen LogP contribution in [0, 0.1) is 5.92 Å². The average Bonchev–Trinajstić information content (AvgIpc) is 2.76. The van der Waals surface area contributed by atoms with Crippen LogP contribution in [0.25, 0.3) is 0 Å². The highest BCUT2D eigenvalue weighted by Crippen LogP contribution is 2.24. The van der Waals surface area contributed by atoms with Crippen molar-refractivity contribution >= 4 is 33.2 Å². The molecule has 2 rings (SSSR count). The van der Waals surface area contributed by atoms with Crippen molar-refractivity contribution in [2.75, 3.05) is 13.1 Å². The fraction of sp³-hybridized carbons (Fsp3) is 0.500. The molecule has 1 N–H and O–H groups in total. The van der Waals surface area contributed by atoms with Gasteiger partial charge in [-0.1, -0.05) is 0 Å². The van der Waals surface area contributed by atoms with E-state index in [2.05, 4.69) is 32.3 Å². The summed E-state index contributed by atoms with van der Waals surface area (Å²) in [5, 5.41) is 10.9. The molecule has 0 aromatic carbocycles. The van der Waals surface area contributed by atoms with Crippen LogP contribution < -0.4 is 0 Å². The van der Waals surface area contributed by atoms with Crippen molar-refractivity contribution in [3.05, 3.63) is 20.8 Å². The SMILES string of the molecule is O=C(O)C1CCN(Cc2cc(Br)cs2)C1. The molecule has 0 radical (unpaired) electrons. The maximum absolute atomic E-state index is 10.8. The van der Waals surface area contributed by atoms with Crippen LogP contribution in [0.4, 0.5) is 0 Å². The van der Waals surface area contributed by atoms with Gasteiger partial charge < -0.3 is 5.11 Å². The van der Waals surface area contributed by atoms with Gasteiger partial charge in [-0.3, -0.25) is 9.69 Å². The Labute approximate surface area is 101 Å². The summed E-state index contributed by atoms with van der Waals surface area (Å²) in [6.45, 7) is 2.46. The summed E-state index contributed by atoms with van der Waals surface area (Å²) in [6, 6.07) is 2.10. The highest BCUT2D eigenvalue weighted by atomic mass is 79.9. The Balaban J connectivity index is 1.90. The number of halogens is 1. The molecular formula is C10H12BrNO2S. The maximum Gasteiger partial charge on any atom is 0.307 e. The first kappa shape index (κ1) is 11.1. The lowest BCUT2D eigenvalue weighted by Crippen LogP contribution is -2.22. The molecule has 1 fully saturated rings. The molecule has 1 atom stereocenters. The lowest BCUT2D eigenvalue weighted by Gasteiger charge is -2.13. The minimum atomic E-state index is -0.662. The minimum Gasteiger partial charge on any atom is -0.481 e. The number of likely N-dealkylation sites (tertiary alicyclic amines) is 1. The zero-order valence-electron chi connectivity index (χ0n) is 8.15. The third-order valence-electron chi connectivity index (χ3n) is 2.62. The molecule has 0 saturated carbocycles. The third kappa shape index (κ3) is 2.80. The van der Waals surface area contributed by atoms with E-state index in [-0.39, 0.29) is 5.92 Å². The molecule has 1 aromatic heterocycles. The van der Waals surface area contributed by atoms with E-state index in [0.29, 0.717) is 6.54 Å². The molecular weight excluding hydrogens is 278 g/mol. The van der Waals surface area contributed by atoms with Gasteiger partial charge in [-0.15, -0.1) is 11.3 Å². The third-order valence-corrected chi connectivity index (χ3v) is 4.31. The van der Waals surface area contributed by atoms with Gasteiger partial charge in [0.25, 0.3) is 0 Å². The van der Waals surface area contributed by atoms with Gasteiger partial charge in [-0.05, 0) is 35.0 Å². The normalized spacial score (nSPS) is 22.1.